The van der Waals surface area contributed by atoms with Crippen molar-refractivity contribution in [2.45, 2.75) is 33.9 Å². The number of hydrogen-bond acceptors (Lipinski definition) is 5. The minimum atomic E-state index is -0.366. The van der Waals surface area contributed by atoms with Crippen LogP contribution in [0.3, 0.4) is 0 Å². The monoisotopic (exact) mass is 459 g/mol. The number of fused-ring (bicyclic) bond motifs is 3. The Labute approximate surface area is 197 Å². The van der Waals surface area contributed by atoms with Crippen molar-refractivity contribution in [3.05, 3.63) is 80.0 Å². The molecule has 176 valence electrons. The first-order valence-corrected chi connectivity index (χ1v) is 11.5. The summed E-state index contributed by atoms with van der Waals surface area (Å²) >= 11 is 0. The van der Waals surface area contributed by atoms with E-state index in [0.717, 1.165) is 34.7 Å². The zero-order valence-electron chi connectivity index (χ0n) is 20.2. The van der Waals surface area contributed by atoms with Gasteiger partial charge in [-0.15, -0.1) is 0 Å². The second-order valence-electron chi connectivity index (χ2n) is 9.27. The molecule has 1 aliphatic rings. The molecule has 0 unspecified atom stereocenters. The van der Waals surface area contributed by atoms with Crippen molar-refractivity contribution >= 4 is 22.8 Å². The maximum absolute atomic E-state index is 13.7. The van der Waals surface area contributed by atoms with Crippen LogP contribution in [-0.2, 0) is 20.1 Å². The Morgan fingerprint density at radius 1 is 1.09 bits per heavy atom. The Kier molecular flexibility index (Phi) is 5.31. The molecule has 0 N–H and O–H groups in total. The summed E-state index contributed by atoms with van der Waals surface area (Å²) < 4.78 is 10.2. The van der Waals surface area contributed by atoms with Crippen LogP contribution >= 0.6 is 0 Å². The fourth-order valence-electron chi connectivity index (χ4n) is 4.78. The third-order valence-electron chi connectivity index (χ3n) is 6.64. The van der Waals surface area contributed by atoms with Gasteiger partial charge in [0.25, 0.3) is 5.56 Å². The summed E-state index contributed by atoms with van der Waals surface area (Å²) in [5, 5.41) is 0. The molecule has 4 aromatic rings. The SMILES string of the molecule is COc1cccc(N2C[C@@H](C)Cn3c2nc2c3c(=O)n(Cc3cc(C)ccc3C)c(=O)n2C)c1. The van der Waals surface area contributed by atoms with E-state index in [0.29, 0.717) is 23.7 Å². The van der Waals surface area contributed by atoms with Crippen LogP contribution in [0.2, 0.25) is 0 Å². The van der Waals surface area contributed by atoms with Crippen LogP contribution in [0.1, 0.15) is 23.6 Å². The highest BCUT2D eigenvalue weighted by atomic mass is 16.5. The third-order valence-corrected chi connectivity index (χ3v) is 6.64. The van der Waals surface area contributed by atoms with Crippen molar-refractivity contribution in [1.29, 1.82) is 0 Å². The number of anilines is 2. The van der Waals surface area contributed by atoms with Crippen molar-refractivity contribution in [3.63, 3.8) is 0 Å². The second kappa shape index (κ2) is 8.20. The zero-order chi connectivity index (χ0) is 24.1. The van der Waals surface area contributed by atoms with Crippen molar-refractivity contribution in [1.82, 2.24) is 18.7 Å². The number of methoxy groups -OCH3 is 1. The quantitative estimate of drug-likeness (QED) is 0.468. The van der Waals surface area contributed by atoms with Gasteiger partial charge >= 0.3 is 5.69 Å². The molecule has 1 aliphatic heterocycles. The lowest BCUT2D eigenvalue weighted by molar-refractivity contribution is 0.414. The minimum Gasteiger partial charge on any atom is -0.497 e. The lowest BCUT2D eigenvalue weighted by Gasteiger charge is -2.33. The number of nitrogens with zero attached hydrogens (tertiary/aromatic N) is 5. The van der Waals surface area contributed by atoms with Crippen LogP contribution in [0.15, 0.2) is 52.1 Å². The molecule has 8 heteroatoms. The molecule has 0 fully saturated rings. The molecule has 2 aromatic heterocycles. The summed E-state index contributed by atoms with van der Waals surface area (Å²) in [6, 6.07) is 13.9. The standard InChI is InChI=1S/C26H29N5O3/c1-16-9-10-18(3)19(11-16)15-31-24(32)22-23(28(4)26(31)33)27-25-29(13-17(2)14-30(22)25)20-7-6-8-21(12-20)34-5/h6-12,17H,13-15H2,1-5H3/t17-/m1/s1. The molecule has 0 spiro atoms. The number of benzene rings is 2. The van der Waals surface area contributed by atoms with E-state index in [1.165, 1.54) is 9.13 Å². The summed E-state index contributed by atoms with van der Waals surface area (Å²) in [5.41, 5.74) is 4.23. The van der Waals surface area contributed by atoms with E-state index in [2.05, 4.69) is 11.8 Å². The number of imidazole rings is 1. The van der Waals surface area contributed by atoms with E-state index in [1.807, 2.05) is 60.9 Å². The number of rotatable bonds is 4. The molecule has 2 aromatic carbocycles. The predicted octanol–water partition coefficient (Wildman–Crippen LogP) is 3.36. The molecule has 5 rings (SSSR count). The van der Waals surface area contributed by atoms with Gasteiger partial charge in [-0.2, -0.15) is 4.98 Å². The van der Waals surface area contributed by atoms with E-state index in [-0.39, 0.29) is 23.7 Å². The van der Waals surface area contributed by atoms with Gasteiger partial charge in [0.15, 0.2) is 11.2 Å². The highest BCUT2D eigenvalue weighted by molar-refractivity contribution is 5.77. The van der Waals surface area contributed by atoms with Crippen molar-refractivity contribution in [2.75, 3.05) is 18.6 Å². The summed E-state index contributed by atoms with van der Waals surface area (Å²) in [5.74, 6) is 1.69. The van der Waals surface area contributed by atoms with Crippen LogP contribution in [-0.4, -0.2) is 32.3 Å². The Morgan fingerprint density at radius 2 is 1.88 bits per heavy atom. The normalized spacial score (nSPS) is 15.6. The van der Waals surface area contributed by atoms with Crippen LogP contribution < -0.4 is 20.9 Å². The Balaban J connectivity index is 1.72. The third kappa shape index (κ3) is 3.50. The highest BCUT2D eigenvalue weighted by Crippen LogP contribution is 2.34. The van der Waals surface area contributed by atoms with Crippen molar-refractivity contribution in [2.24, 2.45) is 13.0 Å². The van der Waals surface area contributed by atoms with Crippen LogP contribution in [0.4, 0.5) is 11.6 Å². The number of aromatic nitrogens is 4. The predicted molar refractivity (Wildman–Crippen MR) is 133 cm³/mol. The van der Waals surface area contributed by atoms with Crippen molar-refractivity contribution < 1.29 is 4.74 Å². The summed E-state index contributed by atoms with van der Waals surface area (Å²) in [6.45, 7) is 7.79. The molecule has 8 nitrogen and oxygen atoms in total. The van der Waals surface area contributed by atoms with E-state index < -0.39 is 0 Å². The lowest BCUT2D eigenvalue weighted by atomic mass is 10.1. The molecule has 0 amide bonds. The van der Waals surface area contributed by atoms with E-state index in [4.69, 9.17) is 9.72 Å². The van der Waals surface area contributed by atoms with E-state index in [9.17, 15) is 9.59 Å². The van der Waals surface area contributed by atoms with Crippen LogP contribution in [0.25, 0.3) is 11.2 Å². The maximum Gasteiger partial charge on any atom is 0.332 e. The van der Waals surface area contributed by atoms with E-state index in [1.54, 1.807) is 14.2 Å². The van der Waals surface area contributed by atoms with Gasteiger partial charge in [-0.25, -0.2) is 4.79 Å². The maximum atomic E-state index is 13.7. The molecule has 0 bridgehead atoms. The largest absolute Gasteiger partial charge is 0.497 e. The van der Waals surface area contributed by atoms with Gasteiger partial charge in [0.1, 0.15) is 5.75 Å². The average Bonchev–Trinajstić information content (AvgIpc) is 3.21. The van der Waals surface area contributed by atoms with Gasteiger partial charge in [-0.1, -0.05) is 36.8 Å². The summed E-state index contributed by atoms with van der Waals surface area (Å²) in [6.07, 6.45) is 0. The number of hydrogen-bond donors (Lipinski definition) is 0. The molecule has 34 heavy (non-hydrogen) atoms. The van der Waals surface area contributed by atoms with Crippen molar-refractivity contribution in [3.8, 4) is 5.75 Å². The Hall–Kier alpha value is -3.81. The first-order valence-electron chi connectivity index (χ1n) is 11.5. The van der Waals surface area contributed by atoms with Gasteiger partial charge in [0.05, 0.1) is 13.7 Å². The van der Waals surface area contributed by atoms with Crippen LogP contribution in [0.5, 0.6) is 5.75 Å². The smallest absolute Gasteiger partial charge is 0.332 e. The molecule has 0 saturated carbocycles. The first-order chi connectivity index (χ1) is 16.3. The van der Waals surface area contributed by atoms with Gasteiger partial charge < -0.3 is 14.2 Å². The zero-order valence-corrected chi connectivity index (χ0v) is 20.2. The topological polar surface area (TPSA) is 74.3 Å². The molecule has 1 atom stereocenters. The molecule has 0 saturated heterocycles. The fraction of sp³-hybridized carbons (Fsp3) is 0.346. The first kappa shape index (κ1) is 22.0. The lowest BCUT2D eigenvalue weighted by Crippen LogP contribution is -2.40. The minimum absolute atomic E-state index is 0.227. The van der Waals surface area contributed by atoms with Gasteiger partial charge in [0.2, 0.25) is 5.95 Å². The van der Waals surface area contributed by atoms with E-state index >= 15 is 0 Å². The summed E-state index contributed by atoms with van der Waals surface area (Å²) in [4.78, 5) is 33.9. The number of aryl methyl sites for hydroxylation is 3. The average molecular weight is 460 g/mol. The molecule has 3 heterocycles. The Bertz CT molecular complexity index is 1530. The molecule has 0 aliphatic carbocycles. The summed E-state index contributed by atoms with van der Waals surface area (Å²) in [7, 11) is 3.32. The van der Waals surface area contributed by atoms with Gasteiger partial charge in [-0.3, -0.25) is 13.9 Å². The Morgan fingerprint density at radius 3 is 2.65 bits per heavy atom. The molecular formula is C26H29N5O3. The highest BCUT2D eigenvalue weighted by Gasteiger charge is 2.30. The van der Waals surface area contributed by atoms with Gasteiger partial charge in [-0.05, 0) is 43.0 Å². The molecule has 0 radical (unpaired) electrons. The second-order valence-corrected chi connectivity index (χ2v) is 9.27. The molecular weight excluding hydrogens is 430 g/mol. The fourth-order valence-corrected chi connectivity index (χ4v) is 4.78. The number of ether oxygens (including phenoxy) is 1. The van der Waals surface area contributed by atoms with Crippen LogP contribution in [0, 0.1) is 19.8 Å². The van der Waals surface area contributed by atoms with Gasteiger partial charge in [0, 0.05) is 31.9 Å².